The summed E-state index contributed by atoms with van der Waals surface area (Å²) < 4.78 is 0. The third-order valence-electron chi connectivity index (χ3n) is 1.88. The van der Waals surface area contributed by atoms with Gasteiger partial charge in [-0.2, -0.15) is 0 Å². The van der Waals surface area contributed by atoms with E-state index in [4.69, 9.17) is 10.2 Å². The smallest absolute Gasteiger partial charge is 0.0964 e. The van der Waals surface area contributed by atoms with Gasteiger partial charge in [-0.1, -0.05) is 0 Å². The molecule has 0 saturated carbocycles. The largest absolute Gasteiger partial charge is 0.394 e. The highest BCUT2D eigenvalue weighted by Gasteiger charge is 2.06. The van der Waals surface area contributed by atoms with Gasteiger partial charge in [-0.15, -0.1) is 11.8 Å². The normalized spacial score (nSPS) is 14.9. The average Bonchev–Trinajstić information content (AvgIpc) is 2.26. The molecule has 3 N–H and O–H groups in total. The van der Waals surface area contributed by atoms with Crippen LogP contribution in [0.2, 0.25) is 0 Å². The van der Waals surface area contributed by atoms with Crippen LogP contribution in [0.15, 0.2) is 23.4 Å². The summed E-state index contributed by atoms with van der Waals surface area (Å²) in [4.78, 5) is 4.09. The molecule has 2 atom stereocenters. The van der Waals surface area contributed by atoms with Crippen LogP contribution in [-0.2, 0) is 0 Å². The van der Waals surface area contributed by atoms with E-state index in [0.29, 0.717) is 5.75 Å². The molecule has 0 bridgehead atoms. The average molecular weight is 229 g/mol. The van der Waals surface area contributed by atoms with Crippen molar-refractivity contribution >= 4 is 11.8 Å². The van der Waals surface area contributed by atoms with Gasteiger partial charge in [0.15, 0.2) is 0 Å². The van der Waals surface area contributed by atoms with Crippen LogP contribution in [0.3, 0.4) is 0 Å². The standard InChI is InChI=1S/C10H15NO3S/c1-7(13)8-2-3-11-10(4-8)15-6-9(14)5-12/h2-4,7,9,12-14H,5-6H2,1H3. The number of aliphatic hydroxyl groups is 3. The molecule has 5 heteroatoms. The summed E-state index contributed by atoms with van der Waals surface area (Å²) in [6.45, 7) is 1.44. The van der Waals surface area contributed by atoms with E-state index in [1.165, 1.54) is 11.8 Å². The summed E-state index contributed by atoms with van der Waals surface area (Å²) in [6.07, 6.45) is 0.373. The maximum atomic E-state index is 9.35. The van der Waals surface area contributed by atoms with Gasteiger partial charge in [-0.3, -0.25) is 0 Å². The number of thioether (sulfide) groups is 1. The molecular weight excluding hydrogens is 214 g/mol. The van der Waals surface area contributed by atoms with Gasteiger partial charge in [-0.25, -0.2) is 4.98 Å². The Hall–Kier alpha value is -0.620. The summed E-state index contributed by atoms with van der Waals surface area (Å²) in [6, 6.07) is 3.52. The SMILES string of the molecule is CC(O)c1ccnc(SCC(O)CO)c1. The van der Waals surface area contributed by atoms with E-state index in [1.807, 2.05) is 0 Å². The molecule has 15 heavy (non-hydrogen) atoms. The predicted octanol–water partition coefficient (Wildman–Crippen LogP) is 0.580. The topological polar surface area (TPSA) is 73.6 Å². The monoisotopic (exact) mass is 229 g/mol. The molecule has 0 aliphatic rings. The summed E-state index contributed by atoms with van der Waals surface area (Å²) in [7, 11) is 0. The summed E-state index contributed by atoms with van der Waals surface area (Å²) >= 11 is 1.35. The molecule has 4 nitrogen and oxygen atoms in total. The zero-order valence-electron chi connectivity index (χ0n) is 8.50. The van der Waals surface area contributed by atoms with Crippen molar-refractivity contribution in [3.8, 4) is 0 Å². The minimum absolute atomic E-state index is 0.247. The summed E-state index contributed by atoms with van der Waals surface area (Å²) in [5, 5.41) is 27.9. The predicted molar refractivity (Wildman–Crippen MR) is 58.7 cm³/mol. The van der Waals surface area contributed by atoms with Crippen molar-refractivity contribution in [1.82, 2.24) is 4.98 Å². The highest BCUT2D eigenvalue weighted by Crippen LogP contribution is 2.20. The molecule has 0 radical (unpaired) electrons. The Morgan fingerprint density at radius 2 is 2.20 bits per heavy atom. The van der Waals surface area contributed by atoms with E-state index in [1.54, 1.807) is 25.3 Å². The third-order valence-corrected chi connectivity index (χ3v) is 2.95. The van der Waals surface area contributed by atoms with Gasteiger partial charge in [0.1, 0.15) is 0 Å². The molecule has 0 aliphatic carbocycles. The van der Waals surface area contributed by atoms with Gasteiger partial charge in [0.05, 0.1) is 23.8 Å². The van der Waals surface area contributed by atoms with Crippen molar-refractivity contribution in [3.63, 3.8) is 0 Å². The lowest BCUT2D eigenvalue weighted by Crippen LogP contribution is -2.14. The van der Waals surface area contributed by atoms with Gasteiger partial charge in [-0.05, 0) is 24.6 Å². The zero-order valence-corrected chi connectivity index (χ0v) is 9.31. The molecule has 1 heterocycles. The Labute approximate surface area is 93.0 Å². The van der Waals surface area contributed by atoms with Crippen molar-refractivity contribution in [1.29, 1.82) is 0 Å². The van der Waals surface area contributed by atoms with E-state index in [-0.39, 0.29) is 6.61 Å². The molecule has 0 fully saturated rings. The van der Waals surface area contributed by atoms with Crippen LogP contribution in [-0.4, -0.2) is 38.8 Å². The van der Waals surface area contributed by atoms with Crippen LogP contribution in [0.5, 0.6) is 0 Å². The van der Waals surface area contributed by atoms with Gasteiger partial charge in [0, 0.05) is 11.9 Å². The fourth-order valence-corrected chi connectivity index (χ4v) is 1.82. The lowest BCUT2D eigenvalue weighted by molar-refractivity contribution is 0.113. The minimum atomic E-state index is -0.730. The van der Waals surface area contributed by atoms with Crippen LogP contribution in [0.4, 0.5) is 0 Å². The highest BCUT2D eigenvalue weighted by molar-refractivity contribution is 7.99. The van der Waals surface area contributed by atoms with Crippen LogP contribution in [0.1, 0.15) is 18.6 Å². The first kappa shape index (κ1) is 12.4. The van der Waals surface area contributed by atoms with Crippen LogP contribution >= 0.6 is 11.8 Å². The molecular formula is C10H15NO3S. The number of pyridine rings is 1. The molecule has 1 aromatic rings. The third kappa shape index (κ3) is 4.17. The van der Waals surface area contributed by atoms with Gasteiger partial charge in [0.2, 0.25) is 0 Å². The highest BCUT2D eigenvalue weighted by atomic mass is 32.2. The van der Waals surface area contributed by atoms with E-state index in [2.05, 4.69) is 4.98 Å². The van der Waals surface area contributed by atoms with Gasteiger partial charge in [0.25, 0.3) is 0 Å². The quantitative estimate of drug-likeness (QED) is 0.644. The molecule has 1 rings (SSSR count). The van der Waals surface area contributed by atoms with Crippen molar-refractivity contribution in [3.05, 3.63) is 23.9 Å². The summed E-state index contributed by atoms with van der Waals surface area (Å²) in [5.41, 5.74) is 0.797. The van der Waals surface area contributed by atoms with E-state index in [0.717, 1.165) is 10.6 Å². The number of aromatic nitrogens is 1. The van der Waals surface area contributed by atoms with Crippen LogP contribution in [0, 0.1) is 0 Å². The second-order valence-electron chi connectivity index (χ2n) is 3.25. The Morgan fingerprint density at radius 1 is 1.47 bits per heavy atom. The number of rotatable bonds is 5. The van der Waals surface area contributed by atoms with Crippen LogP contribution in [0.25, 0.3) is 0 Å². The Balaban J connectivity index is 2.58. The fraction of sp³-hybridized carbons (Fsp3) is 0.500. The molecule has 2 unspecified atom stereocenters. The zero-order chi connectivity index (χ0) is 11.3. The van der Waals surface area contributed by atoms with Gasteiger partial charge < -0.3 is 15.3 Å². The number of aliphatic hydroxyl groups excluding tert-OH is 3. The molecule has 0 spiro atoms. The van der Waals surface area contributed by atoms with Crippen molar-refractivity contribution in [2.24, 2.45) is 0 Å². The van der Waals surface area contributed by atoms with Crippen molar-refractivity contribution in [2.75, 3.05) is 12.4 Å². The molecule has 0 aromatic carbocycles. The first-order valence-electron chi connectivity index (χ1n) is 4.69. The first-order valence-corrected chi connectivity index (χ1v) is 5.67. The number of nitrogens with zero attached hydrogens (tertiary/aromatic N) is 1. The number of hydrogen-bond donors (Lipinski definition) is 3. The molecule has 0 aliphatic heterocycles. The minimum Gasteiger partial charge on any atom is -0.394 e. The molecule has 0 saturated heterocycles. The molecule has 84 valence electrons. The second-order valence-corrected chi connectivity index (χ2v) is 4.29. The number of hydrogen-bond acceptors (Lipinski definition) is 5. The van der Waals surface area contributed by atoms with Gasteiger partial charge >= 0.3 is 0 Å². The van der Waals surface area contributed by atoms with Crippen molar-refractivity contribution in [2.45, 2.75) is 24.2 Å². The molecule has 1 aromatic heterocycles. The molecule has 0 amide bonds. The Bertz CT molecular complexity index is 306. The van der Waals surface area contributed by atoms with Crippen LogP contribution < -0.4 is 0 Å². The lowest BCUT2D eigenvalue weighted by Gasteiger charge is -2.08. The first-order chi connectivity index (χ1) is 7.13. The Morgan fingerprint density at radius 3 is 2.80 bits per heavy atom. The Kier molecular flexibility index (Phi) is 5.04. The lowest BCUT2D eigenvalue weighted by atomic mass is 10.2. The fourth-order valence-electron chi connectivity index (χ4n) is 0.998. The van der Waals surface area contributed by atoms with E-state index < -0.39 is 12.2 Å². The van der Waals surface area contributed by atoms with E-state index in [9.17, 15) is 5.11 Å². The maximum absolute atomic E-state index is 9.35. The van der Waals surface area contributed by atoms with E-state index >= 15 is 0 Å². The maximum Gasteiger partial charge on any atom is 0.0964 e. The second kappa shape index (κ2) is 6.07. The van der Waals surface area contributed by atoms with Crippen molar-refractivity contribution < 1.29 is 15.3 Å². The summed E-state index contributed by atoms with van der Waals surface area (Å²) in [5.74, 6) is 0.396.